The molecule has 0 saturated carbocycles. The number of nitrogens with zero attached hydrogens (tertiary/aromatic N) is 1. The van der Waals surface area contributed by atoms with Gasteiger partial charge >= 0.3 is 0 Å². The SMILES string of the molecule is CN(C)[Si]1(c2ccccc2)Cc2cccc3cccc1c23. The van der Waals surface area contributed by atoms with Gasteiger partial charge in [0.15, 0.2) is 8.24 Å². The highest BCUT2D eigenvalue weighted by Crippen LogP contribution is 2.30. The normalized spacial score (nSPS) is 20.3. The lowest BCUT2D eigenvalue weighted by Gasteiger charge is -2.35. The molecule has 1 heterocycles. The fourth-order valence-electron chi connectivity index (χ4n) is 3.91. The summed E-state index contributed by atoms with van der Waals surface area (Å²) in [4.78, 5) is 0. The first-order chi connectivity index (χ1) is 10.2. The van der Waals surface area contributed by atoms with E-state index in [-0.39, 0.29) is 0 Å². The molecule has 1 aliphatic heterocycles. The average Bonchev–Trinajstić information content (AvgIpc) is 2.87. The predicted molar refractivity (Wildman–Crippen MR) is 92.8 cm³/mol. The summed E-state index contributed by atoms with van der Waals surface area (Å²) in [5, 5.41) is 5.98. The molecule has 0 bridgehead atoms. The van der Waals surface area contributed by atoms with Crippen LogP contribution in [0.15, 0.2) is 66.7 Å². The second kappa shape index (κ2) is 4.55. The third-order valence-corrected chi connectivity index (χ3v) is 9.91. The van der Waals surface area contributed by atoms with E-state index in [1.54, 1.807) is 5.19 Å². The summed E-state index contributed by atoms with van der Waals surface area (Å²) in [6.07, 6.45) is 0. The van der Waals surface area contributed by atoms with Gasteiger partial charge in [0, 0.05) is 0 Å². The van der Waals surface area contributed by atoms with Gasteiger partial charge in [0.2, 0.25) is 0 Å². The van der Waals surface area contributed by atoms with Crippen LogP contribution < -0.4 is 10.4 Å². The zero-order valence-electron chi connectivity index (χ0n) is 12.5. The molecule has 21 heavy (non-hydrogen) atoms. The Labute approximate surface area is 126 Å². The smallest absolute Gasteiger partial charge is 0.197 e. The van der Waals surface area contributed by atoms with Gasteiger partial charge in [-0.05, 0) is 46.8 Å². The molecule has 104 valence electrons. The van der Waals surface area contributed by atoms with E-state index in [2.05, 4.69) is 85.4 Å². The average molecular weight is 289 g/mol. The van der Waals surface area contributed by atoms with Crippen molar-refractivity contribution in [2.24, 2.45) is 0 Å². The van der Waals surface area contributed by atoms with Gasteiger partial charge in [-0.2, -0.15) is 0 Å². The lowest BCUT2D eigenvalue weighted by atomic mass is 10.1. The maximum Gasteiger partial charge on any atom is 0.197 e. The van der Waals surface area contributed by atoms with E-state index in [0.29, 0.717) is 0 Å². The van der Waals surface area contributed by atoms with Crippen LogP contribution in [0, 0.1) is 0 Å². The summed E-state index contributed by atoms with van der Waals surface area (Å²) < 4.78 is 2.51. The molecular weight excluding hydrogens is 270 g/mol. The van der Waals surface area contributed by atoms with Gasteiger partial charge in [0.1, 0.15) is 0 Å². The number of hydrogen-bond acceptors (Lipinski definition) is 1. The Morgan fingerprint density at radius 3 is 2.24 bits per heavy atom. The molecule has 0 aliphatic carbocycles. The first-order valence-electron chi connectivity index (χ1n) is 7.47. The summed E-state index contributed by atoms with van der Waals surface area (Å²) in [6, 6.07) is 25.9. The van der Waals surface area contributed by atoms with E-state index < -0.39 is 8.24 Å². The van der Waals surface area contributed by atoms with E-state index in [4.69, 9.17) is 0 Å². The summed E-state index contributed by atoms with van der Waals surface area (Å²) in [5.41, 5.74) is 1.52. The Hall–Kier alpha value is -1.90. The van der Waals surface area contributed by atoms with Crippen LogP contribution in [-0.4, -0.2) is 26.9 Å². The topological polar surface area (TPSA) is 3.24 Å². The molecule has 0 saturated heterocycles. The van der Waals surface area contributed by atoms with E-state index in [9.17, 15) is 0 Å². The van der Waals surface area contributed by atoms with Gasteiger partial charge in [-0.3, -0.25) is 0 Å². The van der Waals surface area contributed by atoms with Crippen molar-refractivity contribution in [1.29, 1.82) is 0 Å². The monoisotopic (exact) mass is 289 g/mol. The van der Waals surface area contributed by atoms with Crippen LogP contribution in [0.25, 0.3) is 10.8 Å². The lowest BCUT2D eigenvalue weighted by molar-refractivity contribution is 0.632. The summed E-state index contributed by atoms with van der Waals surface area (Å²) in [5.74, 6) is 0. The van der Waals surface area contributed by atoms with Crippen molar-refractivity contribution in [3.63, 3.8) is 0 Å². The summed E-state index contributed by atoms with van der Waals surface area (Å²) in [7, 11) is 2.65. The molecule has 1 nitrogen and oxygen atoms in total. The van der Waals surface area contributed by atoms with E-state index in [1.165, 1.54) is 27.6 Å². The van der Waals surface area contributed by atoms with Gasteiger partial charge in [0.05, 0.1) is 0 Å². The number of rotatable bonds is 2. The standard InChI is InChI=1S/C19H19NSi/c1-20(2)21(17-11-4-3-5-12-17)14-16-10-6-8-15-9-7-13-18(21)19(15)16/h3-13H,14H2,1-2H3. The first kappa shape index (κ1) is 12.8. The molecule has 0 radical (unpaired) electrons. The van der Waals surface area contributed by atoms with Crippen LogP contribution in [0.4, 0.5) is 0 Å². The minimum atomic E-state index is -1.86. The van der Waals surface area contributed by atoms with Crippen molar-refractivity contribution < 1.29 is 0 Å². The molecular formula is C19H19NSi. The quantitative estimate of drug-likeness (QED) is 0.655. The molecule has 0 fully saturated rings. The lowest BCUT2D eigenvalue weighted by Crippen LogP contribution is -2.67. The van der Waals surface area contributed by atoms with Crippen LogP contribution in [0.3, 0.4) is 0 Å². The summed E-state index contributed by atoms with van der Waals surface area (Å²) >= 11 is 0. The maximum atomic E-state index is 2.51. The molecule has 0 amide bonds. The van der Waals surface area contributed by atoms with Crippen LogP contribution in [-0.2, 0) is 6.04 Å². The van der Waals surface area contributed by atoms with Crippen LogP contribution in [0.1, 0.15) is 5.56 Å². The Kier molecular flexibility index (Phi) is 2.78. The minimum Gasteiger partial charge on any atom is -0.322 e. The fraction of sp³-hybridized carbons (Fsp3) is 0.158. The first-order valence-corrected chi connectivity index (χ1v) is 9.63. The Morgan fingerprint density at radius 1 is 0.810 bits per heavy atom. The zero-order valence-corrected chi connectivity index (χ0v) is 13.5. The van der Waals surface area contributed by atoms with Crippen LogP contribution in [0.2, 0.25) is 0 Å². The van der Waals surface area contributed by atoms with Crippen molar-refractivity contribution in [2.45, 2.75) is 6.04 Å². The molecule has 4 rings (SSSR count). The van der Waals surface area contributed by atoms with Gasteiger partial charge in [0.25, 0.3) is 0 Å². The summed E-state index contributed by atoms with van der Waals surface area (Å²) in [6.45, 7) is 0. The van der Waals surface area contributed by atoms with E-state index >= 15 is 0 Å². The largest absolute Gasteiger partial charge is 0.322 e. The minimum absolute atomic E-state index is 1.18. The molecule has 0 spiro atoms. The van der Waals surface area contributed by atoms with Crippen LogP contribution >= 0.6 is 0 Å². The third kappa shape index (κ3) is 1.66. The fourth-order valence-corrected chi connectivity index (χ4v) is 8.61. The number of benzene rings is 3. The van der Waals surface area contributed by atoms with Crippen molar-refractivity contribution in [1.82, 2.24) is 4.57 Å². The molecule has 1 atom stereocenters. The molecule has 0 N–H and O–H groups in total. The second-order valence-corrected chi connectivity index (χ2v) is 10.2. The second-order valence-electron chi connectivity index (χ2n) is 6.12. The van der Waals surface area contributed by atoms with Crippen molar-refractivity contribution in [3.05, 3.63) is 72.3 Å². The highest BCUT2D eigenvalue weighted by molar-refractivity contribution is 7.02. The highest BCUT2D eigenvalue weighted by atomic mass is 28.3. The van der Waals surface area contributed by atoms with Crippen molar-refractivity contribution in [3.8, 4) is 0 Å². The molecule has 2 heteroatoms. The third-order valence-electron chi connectivity index (χ3n) is 4.90. The van der Waals surface area contributed by atoms with Gasteiger partial charge in [-0.1, -0.05) is 66.7 Å². The van der Waals surface area contributed by atoms with Gasteiger partial charge in [-0.15, -0.1) is 0 Å². The molecule has 1 aliphatic rings. The molecule has 0 aromatic heterocycles. The van der Waals surface area contributed by atoms with E-state index in [0.717, 1.165) is 0 Å². The highest BCUT2D eigenvalue weighted by Gasteiger charge is 2.45. The van der Waals surface area contributed by atoms with Gasteiger partial charge < -0.3 is 4.57 Å². The number of hydrogen-bond donors (Lipinski definition) is 0. The van der Waals surface area contributed by atoms with Crippen molar-refractivity contribution in [2.75, 3.05) is 14.1 Å². The Balaban J connectivity index is 2.08. The van der Waals surface area contributed by atoms with E-state index in [1.807, 2.05) is 0 Å². The molecule has 3 aromatic rings. The van der Waals surface area contributed by atoms with Crippen LogP contribution in [0.5, 0.6) is 0 Å². The predicted octanol–water partition coefficient (Wildman–Crippen LogP) is 2.56. The Morgan fingerprint density at radius 2 is 1.52 bits per heavy atom. The Bertz CT molecular complexity index is 805. The van der Waals surface area contributed by atoms with Crippen molar-refractivity contribution >= 4 is 29.4 Å². The van der Waals surface area contributed by atoms with Gasteiger partial charge in [-0.25, -0.2) is 0 Å². The molecule has 1 unspecified atom stereocenters. The maximum absolute atomic E-state index is 2.51. The molecule has 3 aromatic carbocycles. The zero-order chi connectivity index (χ0) is 14.4.